The molecule has 132 valence electrons. The van der Waals surface area contributed by atoms with Crippen LogP contribution in [0, 0.1) is 23.2 Å². The van der Waals surface area contributed by atoms with Gasteiger partial charge in [-0.25, -0.2) is 0 Å². The van der Waals surface area contributed by atoms with Crippen molar-refractivity contribution in [2.24, 2.45) is 23.2 Å². The molecule has 4 fully saturated rings. The Balaban J connectivity index is 1.46. The van der Waals surface area contributed by atoms with E-state index in [1.165, 1.54) is 44.2 Å². The zero-order chi connectivity index (χ0) is 16.7. The van der Waals surface area contributed by atoms with Crippen molar-refractivity contribution in [3.05, 3.63) is 11.3 Å². The van der Waals surface area contributed by atoms with Gasteiger partial charge in [0.05, 0.1) is 6.67 Å². The van der Waals surface area contributed by atoms with Crippen LogP contribution in [0.25, 0.3) is 0 Å². The van der Waals surface area contributed by atoms with Crippen molar-refractivity contribution >= 4 is 5.78 Å². The van der Waals surface area contributed by atoms with Crippen LogP contribution in [0.3, 0.4) is 0 Å². The molecule has 0 atom stereocenters. The van der Waals surface area contributed by atoms with Crippen LogP contribution in [-0.2, 0) is 4.79 Å². The van der Waals surface area contributed by atoms with E-state index >= 15 is 0 Å². The topological polar surface area (TPSA) is 23.6 Å². The lowest BCUT2D eigenvalue weighted by molar-refractivity contribution is -0.123. The molecule has 0 aromatic carbocycles. The van der Waals surface area contributed by atoms with Gasteiger partial charge in [-0.05, 0) is 68.1 Å². The lowest BCUT2D eigenvalue weighted by Crippen LogP contribution is -2.63. The molecule has 0 aromatic rings. The third-order valence-electron chi connectivity index (χ3n) is 7.84. The van der Waals surface area contributed by atoms with Crippen LogP contribution >= 0.6 is 0 Å². The smallest absolute Gasteiger partial charge is 0.162 e. The molecule has 24 heavy (non-hydrogen) atoms. The Kier molecular flexibility index (Phi) is 3.13. The molecule has 0 N–H and O–H groups in total. The summed E-state index contributed by atoms with van der Waals surface area (Å²) in [5.41, 5.74) is 3.04. The molecule has 0 saturated heterocycles. The molecule has 0 unspecified atom stereocenters. The van der Waals surface area contributed by atoms with Crippen molar-refractivity contribution in [3.8, 4) is 0 Å². The van der Waals surface area contributed by atoms with Crippen molar-refractivity contribution < 1.29 is 4.79 Å². The Bertz CT molecular complexity index is 582. The first-order valence-electron chi connectivity index (χ1n) is 10.0. The minimum absolute atomic E-state index is 0.132. The maximum absolute atomic E-state index is 12.9. The zero-order valence-corrected chi connectivity index (χ0v) is 15.6. The first-order chi connectivity index (χ1) is 11.3. The molecule has 4 saturated carbocycles. The normalized spacial score (nSPS) is 44.2. The van der Waals surface area contributed by atoms with Crippen LogP contribution in [0.15, 0.2) is 11.3 Å². The summed E-state index contributed by atoms with van der Waals surface area (Å²) in [6.07, 6.45) is 10.5. The predicted molar refractivity (Wildman–Crippen MR) is 95.3 cm³/mol. The van der Waals surface area contributed by atoms with Crippen LogP contribution < -0.4 is 0 Å². The predicted octanol–water partition coefficient (Wildman–Crippen LogP) is 3.80. The van der Waals surface area contributed by atoms with Gasteiger partial charge in [-0.2, -0.15) is 0 Å². The number of rotatable bonds is 1. The number of carbonyl (C=O) groups is 1. The Morgan fingerprint density at radius 3 is 2.12 bits per heavy atom. The first-order valence-corrected chi connectivity index (χ1v) is 10.0. The molecular weight excluding hydrogens is 296 g/mol. The summed E-state index contributed by atoms with van der Waals surface area (Å²) in [4.78, 5) is 18.0. The van der Waals surface area contributed by atoms with E-state index in [-0.39, 0.29) is 5.41 Å². The van der Waals surface area contributed by atoms with Crippen LogP contribution in [0.1, 0.15) is 65.2 Å². The molecule has 5 aliphatic carbocycles. The lowest BCUT2D eigenvalue weighted by atomic mass is 9.52. The number of ketones is 1. The van der Waals surface area contributed by atoms with Crippen molar-refractivity contribution in [1.29, 1.82) is 0 Å². The number of hydrogen-bond acceptors (Lipinski definition) is 3. The van der Waals surface area contributed by atoms with Crippen LogP contribution in [0.4, 0.5) is 0 Å². The van der Waals surface area contributed by atoms with Gasteiger partial charge in [0.1, 0.15) is 0 Å². The highest BCUT2D eigenvalue weighted by atomic mass is 16.1. The highest BCUT2D eigenvalue weighted by Gasteiger charge is 2.54. The van der Waals surface area contributed by atoms with E-state index < -0.39 is 0 Å². The molecule has 1 heterocycles. The summed E-state index contributed by atoms with van der Waals surface area (Å²) in [6.45, 7) is 6.46. The average Bonchev–Trinajstić information content (AvgIpc) is 2.46. The monoisotopic (exact) mass is 328 g/mol. The molecule has 6 aliphatic rings. The Labute approximate surface area is 146 Å². The number of nitrogens with zero attached hydrogens (tertiary/aromatic N) is 2. The Hall–Kier alpha value is -0.830. The second-order valence-electron chi connectivity index (χ2n) is 10.5. The third-order valence-corrected chi connectivity index (χ3v) is 7.84. The second-order valence-corrected chi connectivity index (χ2v) is 10.5. The van der Waals surface area contributed by atoms with Gasteiger partial charge in [-0.3, -0.25) is 9.69 Å². The van der Waals surface area contributed by atoms with Crippen LogP contribution in [0.2, 0.25) is 0 Å². The Morgan fingerprint density at radius 1 is 0.958 bits per heavy atom. The zero-order valence-electron chi connectivity index (χ0n) is 15.6. The summed E-state index contributed by atoms with van der Waals surface area (Å²) < 4.78 is 0. The fourth-order valence-electron chi connectivity index (χ4n) is 7.22. The molecule has 4 bridgehead atoms. The van der Waals surface area contributed by atoms with Crippen molar-refractivity contribution in [1.82, 2.24) is 9.80 Å². The maximum atomic E-state index is 12.9. The summed E-state index contributed by atoms with van der Waals surface area (Å²) in [7, 11) is 2.22. The number of allylic oxidation sites excluding steroid dienone is 1. The lowest BCUT2D eigenvalue weighted by Gasteiger charge is -2.62. The van der Waals surface area contributed by atoms with Gasteiger partial charge in [0.15, 0.2) is 5.78 Å². The Morgan fingerprint density at radius 2 is 1.54 bits per heavy atom. The fraction of sp³-hybridized carbons (Fsp3) is 0.857. The van der Waals surface area contributed by atoms with Crippen molar-refractivity contribution in [2.45, 2.75) is 70.8 Å². The fourth-order valence-corrected chi connectivity index (χ4v) is 7.22. The molecule has 0 aromatic heterocycles. The molecule has 0 radical (unpaired) electrons. The standard InChI is InChI=1S/C21H32N2O/c1-20(2)10-18-17(19(24)11-20)12-23(13-22(18)3)21-7-14-4-15(8-21)6-16(5-14)9-21/h14-16H,4-13H2,1-3H3. The summed E-state index contributed by atoms with van der Waals surface area (Å²) >= 11 is 0. The first kappa shape index (κ1) is 15.4. The molecule has 0 spiro atoms. The van der Waals surface area contributed by atoms with Gasteiger partial charge in [-0.1, -0.05) is 13.8 Å². The summed E-state index contributed by atoms with van der Waals surface area (Å²) in [5, 5.41) is 0. The molecule has 0 amide bonds. The van der Waals surface area contributed by atoms with Crippen molar-refractivity contribution in [3.63, 3.8) is 0 Å². The summed E-state index contributed by atoms with van der Waals surface area (Å²) in [6, 6.07) is 0. The molecular formula is C21H32N2O. The quantitative estimate of drug-likeness (QED) is 0.731. The van der Waals surface area contributed by atoms with Gasteiger partial charge in [0, 0.05) is 36.8 Å². The van der Waals surface area contributed by atoms with Crippen LogP contribution in [0.5, 0.6) is 0 Å². The van der Waals surface area contributed by atoms with E-state index in [4.69, 9.17) is 0 Å². The minimum atomic E-state index is 0.132. The van der Waals surface area contributed by atoms with E-state index in [0.29, 0.717) is 11.3 Å². The molecule has 3 heteroatoms. The largest absolute Gasteiger partial charge is 0.364 e. The van der Waals surface area contributed by atoms with Crippen molar-refractivity contribution in [2.75, 3.05) is 20.3 Å². The highest BCUT2D eigenvalue weighted by molar-refractivity contribution is 5.98. The van der Waals surface area contributed by atoms with E-state index in [1.807, 2.05) is 0 Å². The SMILES string of the molecule is CN1CN(C23CC4CC(CC(C4)C2)C3)CC2=C1CC(C)(C)CC2=O. The number of Topliss-reactive ketones (excluding diaryl/α,β-unsaturated/α-hetero) is 1. The molecule has 1 aliphatic heterocycles. The van der Waals surface area contributed by atoms with E-state index in [1.54, 1.807) is 0 Å². The van der Waals surface area contributed by atoms with E-state index in [2.05, 4.69) is 30.7 Å². The number of hydrogen-bond donors (Lipinski definition) is 0. The summed E-state index contributed by atoms with van der Waals surface area (Å²) in [5.74, 6) is 3.33. The van der Waals surface area contributed by atoms with E-state index in [9.17, 15) is 4.79 Å². The average molecular weight is 329 g/mol. The van der Waals surface area contributed by atoms with Crippen LogP contribution in [-0.4, -0.2) is 41.4 Å². The second kappa shape index (κ2) is 4.87. The van der Waals surface area contributed by atoms with Gasteiger partial charge in [0.2, 0.25) is 0 Å². The van der Waals surface area contributed by atoms with Gasteiger partial charge >= 0.3 is 0 Å². The number of carbonyl (C=O) groups excluding carboxylic acids is 1. The van der Waals surface area contributed by atoms with Gasteiger partial charge in [0.25, 0.3) is 0 Å². The minimum Gasteiger partial charge on any atom is -0.364 e. The maximum Gasteiger partial charge on any atom is 0.162 e. The third kappa shape index (κ3) is 2.23. The molecule has 3 nitrogen and oxygen atoms in total. The molecule has 6 rings (SSSR count). The highest BCUT2D eigenvalue weighted by Crippen LogP contribution is 2.58. The van der Waals surface area contributed by atoms with E-state index in [0.717, 1.165) is 49.4 Å². The van der Waals surface area contributed by atoms with Gasteiger partial charge in [-0.15, -0.1) is 0 Å². The van der Waals surface area contributed by atoms with Gasteiger partial charge < -0.3 is 4.90 Å².